The van der Waals surface area contributed by atoms with Crippen molar-refractivity contribution in [2.24, 2.45) is 0 Å². The fourth-order valence-electron chi connectivity index (χ4n) is 3.81. The molecule has 5 nitrogen and oxygen atoms in total. The quantitative estimate of drug-likeness (QED) is 0.436. The highest BCUT2D eigenvalue weighted by atomic mass is 16.5. The highest BCUT2D eigenvalue weighted by Crippen LogP contribution is 2.52. The maximum absolute atomic E-state index is 11.2. The van der Waals surface area contributed by atoms with Crippen LogP contribution in [0.1, 0.15) is 49.5 Å². The van der Waals surface area contributed by atoms with Crippen molar-refractivity contribution >= 4 is 5.97 Å². The Labute approximate surface area is 164 Å². The minimum absolute atomic E-state index is 0.110. The van der Waals surface area contributed by atoms with Crippen molar-refractivity contribution < 1.29 is 23.7 Å². The third kappa shape index (κ3) is 3.33. The summed E-state index contributed by atoms with van der Waals surface area (Å²) in [6.45, 7) is 6.09. The highest BCUT2D eigenvalue weighted by Gasteiger charge is 2.41. The maximum Gasteiger partial charge on any atom is 0.308 e. The topological polar surface area (TPSA) is 54.0 Å². The molecule has 0 saturated heterocycles. The summed E-state index contributed by atoms with van der Waals surface area (Å²) in [7, 11) is 1.68. The van der Waals surface area contributed by atoms with Crippen LogP contribution in [0.25, 0.3) is 0 Å². The molecule has 28 heavy (non-hydrogen) atoms. The van der Waals surface area contributed by atoms with E-state index in [4.69, 9.17) is 18.9 Å². The van der Waals surface area contributed by atoms with Gasteiger partial charge in [0.25, 0.3) is 0 Å². The summed E-state index contributed by atoms with van der Waals surface area (Å²) < 4.78 is 23.1. The lowest BCUT2D eigenvalue weighted by molar-refractivity contribution is -0.131. The molecule has 2 aromatic rings. The Bertz CT molecular complexity index is 956. The van der Waals surface area contributed by atoms with Gasteiger partial charge in [-0.15, -0.1) is 0 Å². The zero-order valence-corrected chi connectivity index (χ0v) is 16.6. The molecule has 0 unspecified atom stereocenters. The van der Waals surface area contributed by atoms with Gasteiger partial charge < -0.3 is 18.9 Å². The Kier molecular flexibility index (Phi) is 4.75. The molecule has 0 aliphatic carbocycles. The second kappa shape index (κ2) is 7.23. The minimum Gasteiger partial charge on any atom is -0.496 e. The average Bonchev–Trinajstić information content (AvgIpc) is 3.03. The molecule has 0 radical (unpaired) electrons. The molecule has 0 spiro atoms. The molecular formula is C23H24O5. The van der Waals surface area contributed by atoms with E-state index in [1.807, 2.05) is 12.1 Å². The molecule has 2 aliphatic heterocycles. The van der Waals surface area contributed by atoms with E-state index >= 15 is 0 Å². The van der Waals surface area contributed by atoms with Crippen molar-refractivity contribution in [1.82, 2.24) is 0 Å². The molecule has 0 N–H and O–H groups in total. The van der Waals surface area contributed by atoms with Crippen molar-refractivity contribution in [3.63, 3.8) is 0 Å². The van der Waals surface area contributed by atoms with E-state index in [1.54, 1.807) is 19.2 Å². The fourth-order valence-corrected chi connectivity index (χ4v) is 3.81. The Balaban J connectivity index is 1.69. The van der Waals surface area contributed by atoms with Crippen LogP contribution >= 0.6 is 0 Å². The predicted molar refractivity (Wildman–Crippen MR) is 105 cm³/mol. The van der Waals surface area contributed by atoms with Crippen LogP contribution in [0.2, 0.25) is 0 Å². The number of hydrogen-bond donors (Lipinski definition) is 0. The molecule has 0 saturated carbocycles. The van der Waals surface area contributed by atoms with Crippen LogP contribution in [0.3, 0.4) is 0 Å². The number of fused-ring (bicyclic) bond motifs is 5. The predicted octanol–water partition coefficient (Wildman–Crippen LogP) is 4.74. The SMILES string of the molecule is COc1cc2c(cc1CC=C(C)C)[C@@H]1Oc3cc(OC(C)=O)ccc3[C@@H]1CO2. The number of carbonyl (C=O) groups is 1. The van der Waals surface area contributed by atoms with Crippen molar-refractivity contribution in [3.05, 3.63) is 58.7 Å². The van der Waals surface area contributed by atoms with E-state index < -0.39 is 0 Å². The van der Waals surface area contributed by atoms with Crippen LogP contribution in [-0.4, -0.2) is 19.7 Å². The van der Waals surface area contributed by atoms with Crippen LogP contribution in [0, 0.1) is 0 Å². The summed E-state index contributed by atoms with van der Waals surface area (Å²) in [6.07, 6.45) is 2.85. The zero-order valence-electron chi connectivity index (χ0n) is 16.6. The second-order valence-corrected chi connectivity index (χ2v) is 7.44. The number of ether oxygens (including phenoxy) is 4. The van der Waals surface area contributed by atoms with Gasteiger partial charge in [0.15, 0.2) is 0 Å². The molecule has 2 aromatic carbocycles. The number of hydrogen-bond acceptors (Lipinski definition) is 5. The standard InChI is InChI=1S/C23H24O5/c1-13(2)5-6-15-9-18-21(11-20(15)25-4)26-12-19-17-8-7-16(27-14(3)24)10-22(17)28-23(18)19/h5,7-11,19,23H,6,12H2,1-4H3/t19-,23-/m0/s1. The fraction of sp³-hybridized carbons (Fsp3) is 0.348. The van der Waals surface area contributed by atoms with Crippen molar-refractivity contribution in [1.29, 1.82) is 0 Å². The molecule has 2 atom stereocenters. The molecule has 0 bridgehead atoms. The molecule has 146 valence electrons. The van der Waals surface area contributed by atoms with Crippen LogP contribution in [0.15, 0.2) is 42.0 Å². The van der Waals surface area contributed by atoms with Crippen LogP contribution in [0.5, 0.6) is 23.0 Å². The minimum atomic E-state index is -0.347. The molecule has 0 aromatic heterocycles. The monoisotopic (exact) mass is 380 g/mol. The first-order chi connectivity index (χ1) is 13.5. The van der Waals surface area contributed by atoms with Crippen LogP contribution < -0.4 is 18.9 Å². The third-order valence-electron chi connectivity index (χ3n) is 5.13. The summed E-state index contributed by atoms with van der Waals surface area (Å²) in [4.78, 5) is 11.2. The first kappa shape index (κ1) is 18.4. The Morgan fingerprint density at radius 2 is 1.96 bits per heavy atom. The van der Waals surface area contributed by atoms with Gasteiger partial charge >= 0.3 is 5.97 Å². The van der Waals surface area contributed by atoms with E-state index in [0.29, 0.717) is 12.4 Å². The van der Waals surface area contributed by atoms with Gasteiger partial charge in [-0.05, 0) is 38.0 Å². The summed E-state index contributed by atoms with van der Waals surface area (Å²) in [5.74, 6) is 2.62. The van der Waals surface area contributed by atoms with E-state index in [1.165, 1.54) is 12.5 Å². The van der Waals surface area contributed by atoms with Gasteiger partial charge in [0.2, 0.25) is 0 Å². The van der Waals surface area contributed by atoms with Gasteiger partial charge in [0.1, 0.15) is 29.1 Å². The Hall–Kier alpha value is -2.95. The number of methoxy groups -OCH3 is 1. The van der Waals surface area contributed by atoms with E-state index in [0.717, 1.165) is 40.4 Å². The van der Waals surface area contributed by atoms with E-state index in [9.17, 15) is 4.79 Å². The van der Waals surface area contributed by atoms with E-state index in [2.05, 4.69) is 26.0 Å². The lowest BCUT2D eigenvalue weighted by atomic mass is 9.88. The third-order valence-corrected chi connectivity index (χ3v) is 5.13. The first-order valence-electron chi connectivity index (χ1n) is 9.42. The second-order valence-electron chi connectivity index (χ2n) is 7.44. The molecule has 0 fully saturated rings. The van der Waals surface area contributed by atoms with Crippen molar-refractivity contribution in [2.75, 3.05) is 13.7 Å². The number of rotatable bonds is 4. The summed E-state index contributed by atoms with van der Waals surface area (Å²) in [5.41, 5.74) is 4.47. The van der Waals surface area contributed by atoms with Gasteiger partial charge in [-0.25, -0.2) is 0 Å². The Morgan fingerprint density at radius 3 is 2.68 bits per heavy atom. The van der Waals surface area contributed by atoms with Gasteiger partial charge in [0, 0.05) is 30.2 Å². The lowest BCUT2D eigenvalue weighted by Crippen LogP contribution is -2.23. The highest BCUT2D eigenvalue weighted by molar-refractivity contribution is 5.69. The van der Waals surface area contributed by atoms with Crippen LogP contribution in [0.4, 0.5) is 0 Å². The maximum atomic E-state index is 11.2. The average molecular weight is 380 g/mol. The van der Waals surface area contributed by atoms with Gasteiger partial charge in [-0.2, -0.15) is 0 Å². The molecule has 5 heteroatoms. The van der Waals surface area contributed by atoms with Crippen LogP contribution in [-0.2, 0) is 11.2 Å². The summed E-state index contributed by atoms with van der Waals surface area (Å²) in [6, 6.07) is 9.62. The molecule has 0 amide bonds. The molecule has 4 rings (SSSR count). The molecule has 2 heterocycles. The van der Waals surface area contributed by atoms with E-state index in [-0.39, 0.29) is 18.0 Å². The number of carbonyl (C=O) groups excluding carboxylic acids is 1. The zero-order chi connectivity index (χ0) is 19.8. The summed E-state index contributed by atoms with van der Waals surface area (Å²) in [5, 5.41) is 0. The van der Waals surface area contributed by atoms with Gasteiger partial charge in [-0.3, -0.25) is 4.79 Å². The van der Waals surface area contributed by atoms with Crippen molar-refractivity contribution in [2.45, 2.75) is 39.2 Å². The smallest absolute Gasteiger partial charge is 0.308 e. The first-order valence-corrected chi connectivity index (χ1v) is 9.42. The normalized spacial score (nSPS) is 18.7. The lowest BCUT2D eigenvalue weighted by Gasteiger charge is -2.29. The largest absolute Gasteiger partial charge is 0.496 e. The molecular weight excluding hydrogens is 356 g/mol. The number of esters is 1. The van der Waals surface area contributed by atoms with Gasteiger partial charge in [0.05, 0.1) is 19.6 Å². The Morgan fingerprint density at radius 1 is 1.14 bits per heavy atom. The molecule has 2 aliphatic rings. The van der Waals surface area contributed by atoms with Gasteiger partial charge in [-0.1, -0.05) is 17.7 Å². The van der Waals surface area contributed by atoms with Crippen molar-refractivity contribution in [3.8, 4) is 23.0 Å². The number of benzene rings is 2. The summed E-state index contributed by atoms with van der Waals surface area (Å²) >= 11 is 0. The number of allylic oxidation sites excluding steroid dienone is 2.